The van der Waals surface area contributed by atoms with Crippen molar-refractivity contribution in [2.45, 2.75) is 13.8 Å². The van der Waals surface area contributed by atoms with E-state index in [1.807, 2.05) is 19.9 Å². The number of aryl methyl sites for hydroxylation is 2. The third kappa shape index (κ3) is 6.60. The molecule has 0 saturated heterocycles. The number of nitrogens with two attached hydrogens (primary N) is 1. The maximum absolute atomic E-state index is 8.74. The van der Waals surface area contributed by atoms with E-state index in [9.17, 15) is 0 Å². The molecule has 1 heterocycles. The predicted octanol–water partition coefficient (Wildman–Crippen LogP) is -0.411. The van der Waals surface area contributed by atoms with Crippen LogP contribution >= 0.6 is 0 Å². The van der Waals surface area contributed by atoms with E-state index < -0.39 is 10.4 Å². The molecule has 0 fully saturated rings. The molecule has 8 nitrogen and oxygen atoms in total. The molecule has 15 heavy (non-hydrogen) atoms. The first-order valence-corrected chi connectivity index (χ1v) is 5.08. The summed E-state index contributed by atoms with van der Waals surface area (Å²) in [6.45, 7) is 3.73. The summed E-state index contributed by atoms with van der Waals surface area (Å²) < 4.78 is 33.0. The Morgan fingerprint density at radius 1 is 1.53 bits per heavy atom. The number of aromatic nitrogens is 2. The molecule has 86 valence electrons. The van der Waals surface area contributed by atoms with Crippen LogP contribution in [0, 0.1) is 19.3 Å². The fraction of sp³-hybridized carbons (Fsp3) is 0.333. The van der Waals surface area contributed by atoms with E-state index in [0.717, 1.165) is 11.4 Å². The van der Waals surface area contributed by atoms with Gasteiger partial charge in [0.1, 0.15) is 0 Å². The Kier molecular flexibility index (Phi) is 4.40. The second kappa shape index (κ2) is 4.87. The minimum atomic E-state index is -4.67. The van der Waals surface area contributed by atoms with Crippen LogP contribution in [-0.4, -0.2) is 33.3 Å². The van der Waals surface area contributed by atoms with E-state index in [2.05, 4.69) is 5.10 Å². The highest BCUT2D eigenvalue weighted by atomic mass is 32.3. The zero-order valence-electron chi connectivity index (χ0n) is 8.17. The average Bonchev–Trinajstić information content (AvgIpc) is 2.25. The standard InChI is InChI=1S/C6H10N4.H2O4S/c1-4-3-5(2)10(9-4)6(7)8;1-5(2,3)4/h3H,1-2H3,(H3,7,8);(H2,1,2,3,4). The minimum Gasteiger partial charge on any atom is -0.368 e. The SMILES string of the molecule is Cc1cc(C)n(C(=N)N)n1.O=S(=O)(O)O. The molecular formula is C6H12N4O4S. The molecule has 9 heteroatoms. The second-order valence-electron chi connectivity index (χ2n) is 2.67. The Morgan fingerprint density at radius 2 is 1.93 bits per heavy atom. The molecule has 0 bridgehead atoms. The molecule has 5 N–H and O–H groups in total. The van der Waals surface area contributed by atoms with Gasteiger partial charge in [0.25, 0.3) is 0 Å². The lowest BCUT2D eigenvalue weighted by Gasteiger charge is -1.97. The topological polar surface area (TPSA) is 142 Å². The summed E-state index contributed by atoms with van der Waals surface area (Å²) in [4.78, 5) is 0. The summed E-state index contributed by atoms with van der Waals surface area (Å²) in [6.07, 6.45) is 0. The Morgan fingerprint density at radius 3 is 2.07 bits per heavy atom. The molecule has 0 unspecified atom stereocenters. The van der Waals surface area contributed by atoms with Crippen LogP contribution < -0.4 is 5.73 Å². The van der Waals surface area contributed by atoms with Gasteiger partial charge >= 0.3 is 10.4 Å². The summed E-state index contributed by atoms with van der Waals surface area (Å²) in [6, 6.07) is 1.88. The van der Waals surface area contributed by atoms with Crippen LogP contribution in [-0.2, 0) is 10.4 Å². The molecule has 0 aliphatic carbocycles. The fourth-order valence-electron chi connectivity index (χ4n) is 0.873. The first-order valence-electron chi connectivity index (χ1n) is 3.69. The van der Waals surface area contributed by atoms with Crippen LogP contribution in [0.15, 0.2) is 6.07 Å². The van der Waals surface area contributed by atoms with Gasteiger partial charge in [-0.15, -0.1) is 0 Å². The van der Waals surface area contributed by atoms with E-state index in [4.69, 9.17) is 28.7 Å². The summed E-state index contributed by atoms with van der Waals surface area (Å²) in [5, 5.41) is 11.0. The lowest BCUT2D eigenvalue weighted by atomic mass is 10.4. The molecule has 0 aliphatic heterocycles. The van der Waals surface area contributed by atoms with Crippen LogP contribution in [0.2, 0.25) is 0 Å². The van der Waals surface area contributed by atoms with Gasteiger partial charge in [0, 0.05) is 5.69 Å². The van der Waals surface area contributed by atoms with Crippen LogP contribution in [0.1, 0.15) is 11.4 Å². The molecule has 0 aliphatic rings. The first-order chi connectivity index (χ1) is 6.61. The van der Waals surface area contributed by atoms with Crippen LogP contribution in [0.5, 0.6) is 0 Å². The van der Waals surface area contributed by atoms with Crippen molar-refractivity contribution in [2.75, 3.05) is 0 Å². The maximum Gasteiger partial charge on any atom is 0.394 e. The van der Waals surface area contributed by atoms with Crippen molar-refractivity contribution < 1.29 is 17.5 Å². The normalized spacial score (nSPS) is 10.4. The molecule has 1 aromatic heterocycles. The lowest BCUT2D eigenvalue weighted by molar-refractivity contribution is 0.381. The molecule has 0 aromatic carbocycles. The first kappa shape index (κ1) is 13.5. The lowest BCUT2D eigenvalue weighted by Crippen LogP contribution is -2.22. The van der Waals surface area contributed by atoms with Crippen molar-refractivity contribution in [1.82, 2.24) is 9.78 Å². The zero-order chi connectivity index (χ0) is 12.2. The number of rotatable bonds is 0. The number of nitrogens with zero attached hydrogens (tertiary/aromatic N) is 2. The van der Waals surface area contributed by atoms with E-state index in [1.165, 1.54) is 4.68 Å². The van der Waals surface area contributed by atoms with E-state index in [0.29, 0.717) is 0 Å². The van der Waals surface area contributed by atoms with Gasteiger partial charge < -0.3 is 5.73 Å². The van der Waals surface area contributed by atoms with E-state index in [1.54, 1.807) is 0 Å². The highest BCUT2D eigenvalue weighted by molar-refractivity contribution is 7.79. The molecule has 0 saturated carbocycles. The molecule has 1 rings (SSSR count). The third-order valence-corrected chi connectivity index (χ3v) is 1.24. The smallest absolute Gasteiger partial charge is 0.368 e. The third-order valence-electron chi connectivity index (χ3n) is 1.24. The Bertz CT molecular complexity index is 442. The average molecular weight is 236 g/mol. The Labute approximate surface area is 86.8 Å². The van der Waals surface area contributed by atoms with Crippen molar-refractivity contribution >= 4 is 16.4 Å². The summed E-state index contributed by atoms with van der Waals surface area (Å²) in [5.41, 5.74) is 6.99. The number of hydrogen-bond acceptors (Lipinski definition) is 4. The van der Waals surface area contributed by atoms with Crippen molar-refractivity contribution in [3.05, 3.63) is 17.5 Å². The second-order valence-corrected chi connectivity index (χ2v) is 3.57. The summed E-state index contributed by atoms with van der Waals surface area (Å²) in [5.74, 6) is -0.0365. The number of hydrogen-bond donors (Lipinski definition) is 4. The Balaban J connectivity index is 0.000000336. The molecule has 0 atom stereocenters. The minimum absolute atomic E-state index is 0.0365. The van der Waals surface area contributed by atoms with Crippen molar-refractivity contribution in [1.29, 1.82) is 5.41 Å². The van der Waals surface area contributed by atoms with Gasteiger partial charge in [-0.3, -0.25) is 14.5 Å². The number of nitrogen functional groups attached to an aromatic ring is 1. The molecule has 0 radical (unpaired) electrons. The van der Waals surface area contributed by atoms with Crippen LogP contribution in [0.4, 0.5) is 0 Å². The monoisotopic (exact) mass is 236 g/mol. The zero-order valence-corrected chi connectivity index (χ0v) is 8.98. The highest BCUT2D eigenvalue weighted by Gasteiger charge is 2.00. The van der Waals surface area contributed by atoms with Gasteiger partial charge in [0.05, 0.1) is 5.69 Å². The van der Waals surface area contributed by atoms with Gasteiger partial charge in [-0.2, -0.15) is 13.5 Å². The van der Waals surface area contributed by atoms with Crippen molar-refractivity contribution in [3.8, 4) is 0 Å². The van der Waals surface area contributed by atoms with Gasteiger partial charge in [-0.1, -0.05) is 0 Å². The van der Waals surface area contributed by atoms with Gasteiger partial charge in [-0.25, -0.2) is 4.68 Å². The van der Waals surface area contributed by atoms with Gasteiger partial charge in [0.2, 0.25) is 5.96 Å². The molecule has 1 aromatic rings. The van der Waals surface area contributed by atoms with Crippen molar-refractivity contribution in [3.63, 3.8) is 0 Å². The summed E-state index contributed by atoms with van der Waals surface area (Å²) in [7, 11) is -4.67. The molecule has 0 spiro atoms. The molecular weight excluding hydrogens is 224 g/mol. The summed E-state index contributed by atoms with van der Waals surface area (Å²) >= 11 is 0. The molecule has 0 amide bonds. The maximum atomic E-state index is 8.74. The van der Waals surface area contributed by atoms with Crippen LogP contribution in [0.3, 0.4) is 0 Å². The number of nitrogens with one attached hydrogen (secondary N) is 1. The largest absolute Gasteiger partial charge is 0.394 e. The van der Waals surface area contributed by atoms with Gasteiger partial charge in [0.15, 0.2) is 0 Å². The van der Waals surface area contributed by atoms with Crippen molar-refractivity contribution in [2.24, 2.45) is 5.73 Å². The predicted molar refractivity (Wildman–Crippen MR) is 53.2 cm³/mol. The van der Waals surface area contributed by atoms with E-state index in [-0.39, 0.29) is 5.96 Å². The van der Waals surface area contributed by atoms with E-state index >= 15 is 0 Å². The highest BCUT2D eigenvalue weighted by Crippen LogP contribution is 1.98. The Hall–Kier alpha value is -1.45. The quantitative estimate of drug-likeness (QED) is 0.274. The fourth-order valence-corrected chi connectivity index (χ4v) is 0.873. The van der Waals surface area contributed by atoms with Crippen LogP contribution in [0.25, 0.3) is 0 Å². The van der Waals surface area contributed by atoms with Gasteiger partial charge in [-0.05, 0) is 19.9 Å².